The lowest BCUT2D eigenvalue weighted by Crippen LogP contribution is -2.37. The van der Waals surface area contributed by atoms with Crippen LogP contribution in [0.3, 0.4) is 0 Å². The summed E-state index contributed by atoms with van der Waals surface area (Å²) in [6, 6.07) is 8.23. The first kappa shape index (κ1) is 15.0. The molecular formula is C18H27FN2. The lowest BCUT2D eigenvalue weighted by atomic mass is 10.0. The highest BCUT2D eigenvalue weighted by atomic mass is 19.1. The molecule has 3 rings (SSSR count). The fraction of sp³-hybridized carbons (Fsp3) is 0.667. The van der Waals surface area contributed by atoms with Crippen LogP contribution in [0.2, 0.25) is 0 Å². The van der Waals surface area contributed by atoms with Gasteiger partial charge in [-0.25, -0.2) is 4.39 Å². The van der Waals surface area contributed by atoms with Crippen molar-refractivity contribution >= 4 is 0 Å². The van der Waals surface area contributed by atoms with Crippen molar-refractivity contribution in [3.05, 3.63) is 35.6 Å². The standard InChI is InChI=1S/C18H27FN2/c1-21(17-4-2-3-5-17)13-12-20-18(14-6-7-14)15-8-10-16(19)11-9-15/h8-11,14,17-18,20H,2-7,12-13H2,1H3. The van der Waals surface area contributed by atoms with Gasteiger partial charge in [-0.3, -0.25) is 0 Å². The maximum absolute atomic E-state index is 13.1. The van der Waals surface area contributed by atoms with Gasteiger partial charge in [0.05, 0.1) is 0 Å². The first-order valence-electron chi connectivity index (χ1n) is 8.43. The second-order valence-corrected chi connectivity index (χ2v) is 6.74. The minimum Gasteiger partial charge on any atom is -0.308 e. The molecule has 1 aromatic carbocycles. The zero-order valence-corrected chi connectivity index (χ0v) is 13.0. The molecule has 0 heterocycles. The van der Waals surface area contributed by atoms with E-state index in [9.17, 15) is 4.39 Å². The van der Waals surface area contributed by atoms with Crippen molar-refractivity contribution < 1.29 is 4.39 Å². The van der Waals surface area contributed by atoms with Crippen molar-refractivity contribution in [1.82, 2.24) is 10.2 Å². The molecule has 2 saturated carbocycles. The van der Waals surface area contributed by atoms with Gasteiger partial charge in [0.15, 0.2) is 0 Å². The minimum atomic E-state index is -0.144. The molecule has 0 aromatic heterocycles. The second-order valence-electron chi connectivity index (χ2n) is 6.74. The molecule has 0 radical (unpaired) electrons. The van der Waals surface area contributed by atoms with E-state index in [0.29, 0.717) is 6.04 Å². The molecule has 3 heteroatoms. The number of hydrogen-bond acceptors (Lipinski definition) is 2. The number of halogens is 1. The number of rotatable bonds is 7. The maximum Gasteiger partial charge on any atom is 0.123 e. The number of nitrogens with one attached hydrogen (secondary N) is 1. The largest absolute Gasteiger partial charge is 0.308 e. The fourth-order valence-electron chi connectivity index (χ4n) is 3.58. The van der Waals surface area contributed by atoms with E-state index < -0.39 is 0 Å². The molecule has 2 aliphatic carbocycles. The van der Waals surface area contributed by atoms with Gasteiger partial charge in [-0.1, -0.05) is 25.0 Å². The van der Waals surface area contributed by atoms with Crippen LogP contribution in [0.4, 0.5) is 4.39 Å². The van der Waals surface area contributed by atoms with E-state index in [1.807, 2.05) is 12.1 Å². The molecule has 0 aliphatic heterocycles. The Morgan fingerprint density at radius 1 is 1.14 bits per heavy atom. The number of benzene rings is 1. The zero-order chi connectivity index (χ0) is 14.7. The molecule has 2 aliphatic rings. The van der Waals surface area contributed by atoms with Crippen LogP contribution in [0.25, 0.3) is 0 Å². The normalized spacial score (nSPS) is 21.1. The van der Waals surface area contributed by atoms with Gasteiger partial charge in [0.25, 0.3) is 0 Å². The summed E-state index contributed by atoms with van der Waals surface area (Å²) in [5, 5.41) is 3.71. The van der Waals surface area contributed by atoms with Gasteiger partial charge >= 0.3 is 0 Å². The van der Waals surface area contributed by atoms with Gasteiger partial charge in [-0.15, -0.1) is 0 Å². The fourth-order valence-corrected chi connectivity index (χ4v) is 3.58. The summed E-state index contributed by atoms with van der Waals surface area (Å²) < 4.78 is 13.1. The predicted molar refractivity (Wildman–Crippen MR) is 84.8 cm³/mol. The van der Waals surface area contributed by atoms with Crippen LogP contribution in [0.5, 0.6) is 0 Å². The first-order valence-corrected chi connectivity index (χ1v) is 8.43. The molecular weight excluding hydrogens is 263 g/mol. The lowest BCUT2D eigenvalue weighted by Gasteiger charge is -2.26. The van der Waals surface area contributed by atoms with Crippen LogP contribution in [-0.2, 0) is 0 Å². The SMILES string of the molecule is CN(CCNC(c1ccc(F)cc1)C1CC1)C1CCCC1. The molecule has 1 atom stereocenters. The van der Waals surface area contributed by atoms with E-state index in [1.165, 1.54) is 44.1 Å². The topological polar surface area (TPSA) is 15.3 Å². The average Bonchev–Trinajstić information content (AvgIpc) is 3.17. The van der Waals surface area contributed by atoms with Crippen LogP contribution < -0.4 is 5.32 Å². The molecule has 21 heavy (non-hydrogen) atoms. The summed E-state index contributed by atoms with van der Waals surface area (Å²) in [4.78, 5) is 2.51. The van der Waals surface area contributed by atoms with E-state index in [-0.39, 0.29) is 5.82 Å². The van der Waals surface area contributed by atoms with E-state index >= 15 is 0 Å². The monoisotopic (exact) mass is 290 g/mol. The highest BCUT2D eigenvalue weighted by molar-refractivity contribution is 5.22. The van der Waals surface area contributed by atoms with Crippen molar-refractivity contribution in [3.8, 4) is 0 Å². The molecule has 0 amide bonds. The molecule has 116 valence electrons. The number of likely N-dealkylation sites (N-methyl/N-ethyl adjacent to an activating group) is 1. The predicted octanol–water partition coefficient (Wildman–Crippen LogP) is 3.74. The van der Waals surface area contributed by atoms with Gasteiger partial charge in [0.1, 0.15) is 5.82 Å². The van der Waals surface area contributed by atoms with Crippen molar-refractivity contribution in [2.45, 2.75) is 50.6 Å². The van der Waals surface area contributed by atoms with Gasteiger partial charge in [0, 0.05) is 25.2 Å². The summed E-state index contributed by atoms with van der Waals surface area (Å²) in [7, 11) is 2.25. The second kappa shape index (κ2) is 6.89. The Balaban J connectivity index is 1.50. The Morgan fingerprint density at radius 3 is 2.43 bits per heavy atom. The van der Waals surface area contributed by atoms with E-state index in [2.05, 4.69) is 17.3 Å². The van der Waals surface area contributed by atoms with Gasteiger partial charge in [0.2, 0.25) is 0 Å². The van der Waals surface area contributed by atoms with Crippen molar-refractivity contribution in [2.24, 2.45) is 5.92 Å². The Kier molecular flexibility index (Phi) is 4.91. The molecule has 1 unspecified atom stereocenters. The highest BCUT2D eigenvalue weighted by Crippen LogP contribution is 2.40. The third-order valence-corrected chi connectivity index (χ3v) is 5.10. The zero-order valence-electron chi connectivity index (χ0n) is 13.0. The molecule has 1 N–H and O–H groups in total. The van der Waals surface area contributed by atoms with Crippen molar-refractivity contribution in [3.63, 3.8) is 0 Å². The first-order chi connectivity index (χ1) is 10.2. The van der Waals surface area contributed by atoms with E-state index in [0.717, 1.165) is 25.0 Å². The minimum absolute atomic E-state index is 0.144. The average molecular weight is 290 g/mol. The Bertz CT molecular complexity index is 435. The quantitative estimate of drug-likeness (QED) is 0.823. The van der Waals surface area contributed by atoms with Crippen molar-refractivity contribution in [1.29, 1.82) is 0 Å². The summed E-state index contributed by atoms with van der Waals surface area (Å²) in [5.74, 6) is 0.599. The van der Waals surface area contributed by atoms with Crippen LogP contribution >= 0.6 is 0 Å². The van der Waals surface area contributed by atoms with E-state index in [1.54, 1.807) is 12.1 Å². The number of nitrogens with zero attached hydrogens (tertiary/aromatic N) is 1. The van der Waals surface area contributed by atoms with E-state index in [4.69, 9.17) is 0 Å². The maximum atomic E-state index is 13.1. The lowest BCUT2D eigenvalue weighted by molar-refractivity contribution is 0.240. The Labute approximate surface area is 127 Å². The summed E-state index contributed by atoms with van der Waals surface area (Å²) in [6.07, 6.45) is 8.10. The third-order valence-electron chi connectivity index (χ3n) is 5.10. The Hall–Kier alpha value is -0.930. The molecule has 0 spiro atoms. The summed E-state index contributed by atoms with van der Waals surface area (Å²) in [5.41, 5.74) is 1.24. The van der Waals surface area contributed by atoms with Gasteiger partial charge < -0.3 is 10.2 Å². The summed E-state index contributed by atoms with van der Waals surface area (Å²) in [6.45, 7) is 2.13. The smallest absolute Gasteiger partial charge is 0.123 e. The van der Waals surface area contributed by atoms with Crippen LogP contribution in [0.15, 0.2) is 24.3 Å². The van der Waals surface area contributed by atoms with Crippen LogP contribution in [-0.4, -0.2) is 31.1 Å². The molecule has 2 fully saturated rings. The molecule has 1 aromatic rings. The third kappa shape index (κ3) is 4.04. The van der Waals surface area contributed by atoms with Crippen LogP contribution in [0, 0.1) is 11.7 Å². The van der Waals surface area contributed by atoms with Gasteiger partial charge in [-0.2, -0.15) is 0 Å². The summed E-state index contributed by atoms with van der Waals surface area (Å²) >= 11 is 0. The van der Waals surface area contributed by atoms with Crippen LogP contribution in [0.1, 0.15) is 50.1 Å². The van der Waals surface area contributed by atoms with Crippen molar-refractivity contribution in [2.75, 3.05) is 20.1 Å². The van der Waals surface area contributed by atoms with Gasteiger partial charge in [-0.05, 0) is 56.3 Å². The molecule has 2 nitrogen and oxygen atoms in total. The highest BCUT2D eigenvalue weighted by Gasteiger charge is 2.32. The molecule has 0 saturated heterocycles. The number of hydrogen-bond donors (Lipinski definition) is 1. The Morgan fingerprint density at radius 2 is 1.81 bits per heavy atom. The molecule has 0 bridgehead atoms.